The SMILES string of the molecule is CC(C)Cc1nn(-c2ccccc2Br)c(Cl)c1S(=O)(=O)Cl. The Labute approximate surface area is 141 Å². The lowest BCUT2D eigenvalue weighted by molar-refractivity contribution is 0.600. The van der Waals surface area contributed by atoms with E-state index in [1.54, 1.807) is 6.07 Å². The van der Waals surface area contributed by atoms with Gasteiger partial charge in [0.2, 0.25) is 0 Å². The summed E-state index contributed by atoms with van der Waals surface area (Å²) in [5.41, 5.74) is 1.03. The van der Waals surface area contributed by atoms with Gasteiger partial charge in [-0.05, 0) is 40.4 Å². The third-order valence-corrected chi connectivity index (χ3v) is 5.29. The molecular formula is C13H13BrCl2N2O2S. The van der Waals surface area contributed by atoms with Crippen LogP contribution in [0, 0.1) is 5.92 Å². The number of hydrogen-bond acceptors (Lipinski definition) is 3. The molecule has 21 heavy (non-hydrogen) atoms. The zero-order chi connectivity index (χ0) is 15.8. The van der Waals surface area contributed by atoms with Crippen molar-refractivity contribution in [2.75, 3.05) is 0 Å². The van der Waals surface area contributed by atoms with Gasteiger partial charge >= 0.3 is 0 Å². The van der Waals surface area contributed by atoms with E-state index in [1.165, 1.54) is 4.68 Å². The van der Waals surface area contributed by atoms with E-state index in [2.05, 4.69) is 21.0 Å². The molecule has 0 aliphatic rings. The largest absolute Gasteiger partial charge is 0.266 e. The zero-order valence-electron chi connectivity index (χ0n) is 11.3. The number of rotatable bonds is 4. The van der Waals surface area contributed by atoms with Gasteiger partial charge in [-0.25, -0.2) is 13.1 Å². The Bertz CT molecular complexity index is 772. The molecule has 2 rings (SSSR count). The molecule has 1 aromatic carbocycles. The van der Waals surface area contributed by atoms with Crippen LogP contribution in [0.5, 0.6) is 0 Å². The first-order valence-electron chi connectivity index (χ1n) is 6.18. The van der Waals surface area contributed by atoms with Crippen molar-refractivity contribution in [3.05, 3.63) is 39.6 Å². The van der Waals surface area contributed by atoms with Gasteiger partial charge in [-0.3, -0.25) is 0 Å². The van der Waals surface area contributed by atoms with Gasteiger partial charge in [0.15, 0.2) is 5.15 Å². The standard InChI is InChI=1S/C13H13BrCl2N2O2S/c1-8(2)7-10-12(21(16,19)20)13(15)18(17-10)11-6-4-3-5-9(11)14/h3-6,8H,7H2,1-2H3. The Hall–Kier alpha value is -0.560. The number of hydrogen-bond donors (Lipinski definition) is 0. The first-order chi connectivity index (χ1) is 9.71. The highest BCUT2D eigenvalue weighted by molar-refractivity contribution is 9.10. The second-order valence-electron chi connectivity index (χ2n) is 4.97. The number of para-hydroxylation sites is 1. The van der Waals surface area contributed by atoms with Crippen LogP contribution in [-0.2, 0) is 15.5 Å². The van der Waals surface area contributed by atoms with E-state index < -0.39 is 9.05 Å². The number of nitrogens with zero attached hydrogens (tertiary/aromatic N) is 2. The van der Waals surface area contributed by atoms with Crippen LogP contribution in [0.15, 0.2) is 33.6 Å². The molecule has 0 bridgehead atoms. The molecule has 0 fully saturated rings. The quantitative estimate of drug-likeness (QED) is 0.700. The van der Waals surface area contributed by atoms with Crippen molar-refractivity contribution in [1.29, 1.82) is 0 Å². The summed E-state index contributed by atoms with van der Waals surface area (Å²) in [5.74, 6) is 0.223. The fourth-order valence-corrected chi connectivity index (χ4v) is 4.26. The minimum atomic E-state index is -3.97. The van der Waals surface area contributed by atoms with Crippen molar-refractivity contribution < 1.29 is 8.42 Å². The Kier molecular flexibility index (Phi) is 5.03. The Morgan fingerprint density at radius 3 is 2.48 bits per heavy atom. The topological polar surface area (TPSA) is 52.0 Å². The van der Waals surface area contributed by atoms with E-state index in [0.29, 0.717) is 17.8 Å². The number of halogens is 3. The third-order valence-electron chi connectivity index (χ3n) is 2.78. The summed E-state index contributed by atoms with van der Waals surface area (Å²) in [5, 5.41) is 4.33. The fraction of sp³-hybridized carbons (Fsp3) is 0.308. The highest BCUT2D eigenvalue weighted by Gasteiger charge is 2.27. The van der Waals surface area contributed by atoms with Gasteiger partial charge in [-0.15, -0.1) is 0 Å². The van der Waals surface area contributed by atoms with Crippen molar-refractivity contribution in [3.63, 3.8) is 0 Å². The van der Waals surface area contributed by atoms with Crippen molar-refractivity contribution >= 4 is 47.3 Å². The smallest absolute Gasteiger partial charge is 0.219 e. The van der Waals surface area contributed by atoms with Crippen molar-refractivity contribution in [3.8, 4) is 5.69 Å². The van der Waals surface area contributed by atoms with Crippen LogP contribution in [0.4, 0.5) is 0 Å². The predicted molar refractivity (Wildman–Crippen MR) is 87.9 cm³/mol. The molecule has 0 saturated carbocycles. The first-order valence-corrected chi connectivity index (χ1v) is 9.66. The lowest BCUT2D eigenvalue weighted by Crippen LogP contribution is -2.01. The summed E-state index contributed by atoms with van der Waals surface area (Å²) in [6, 6.07) is 7.27. The van der Waals surface area contributed by atoms with Gasteiger partial charge in [0.05, 0.1) is 11.4 Å². The van der Waals surface area contributed by atoms with Gasteiger partial charge in [-0.2, -0.15) is 5.10 Å². The lowest BCUT2D eigenvalue weighted by atomic mass is 10.1. The molecule has 0 aliphatic heterocycles. The summed E-state index contributed by atoms with van der Waals surface area (Å²) in [7, 11) is 1.55. The van der Waals surface area contributed by atoms with Crippen LogP contribution in [0.1, 0.15) is 19.5 Å². The maximum Gasteiger partial charge on any atom is 0.266 e. The zero-order valence-corrected chi connectivity index (χ0v) is 15.3. The molecule has 0 unspecified atom stereocenters. The molecule has 1 aromatic heterocycles. The molecule has 0 spiro atoms. The van der Waals surface area contributed by atoms with Gasteiger partial charge in [0, 0.05) is 15.2 Å². The maximum atomic E-state index is 11.8. The average Bonchev–Trinajstić information content (AvgIpc) is 2.65. The van der Waals surface area contributed by atoms with E-state index in [0.717, 1.165) is 4.47 Å². The van der Waals surface area contributed by atoms with E-state index in [4.69, 9.17) is 22.3 Å². The molecular weight excluding hydrogens is 399 g/mol. The van der Waals surface area contributed by atoms with Crippen molar-refractivity contribution in [2.45, 2.75) is 25.2 Å². The molecule has 0 saturated heterocycles. The molecule has 114 valence electrons. The molecule has 0 atom stereocenters. The summed E-state index contributed by atoms with van der Waals surface area (Å²) in [4.78, 5) is -0.115. The fourth-order valence-electron chi connectivity index (χ4n) is 1.97. The van der Waals surface area contributed by atoms with Crippen LogP contribution < -0.4 is 0 Å². The van der Waals surface area contributed by atoms with E-state index in [9.17, 15) is 8.42 Å². The Morgan fingerprint density at radius 1 is 1.33 bits per heavy atom. The summed E-state index contributed by atoms with van der Waals surface area (Å²) >= 11 is 9.62. The number of benzene rings is 1. The van der Waals surface area contributed by atoms with Gasteiger partial charge in [0.1, 0.15) is 4.90 Å². The Morgan fingerprint density at radius 2 is 1.95 bits per heavy atom. The molecule has 0 radical (unpaired) electrons. The van der Waals surface area contributed by atoms with Crippen LogP contribution >= 0.6 is 38.2 Å². The van der Waals surface area contributed by atoms with Crippen LogP contribution in [0.25, 0.3) is 5.69 Å². The lowest BCUT2D eigenvalue weighted by Gasteiger charge is -2.05. The average molecular weight is 412 g/mol. The molecule has 4 nitrogen and oxygen atoms in total. The first kappa shape index (κ1) is 16.8. The molecule has 0 aliphatic carbocycles. The second kappa shape index (κ2) is 6.28. The minimum Gasteiger partial charge on any atom is -0.219 e. The molecule has 1 heterocycles. The van der Waals surface area contributed by atoms with E-state index >= 15 is 0 Å². The molecule has 0 amide bonds. The summed E-state index contributed by atoms with van der Waals surface area (Å²) in [6.45, 7) is 3.94. The number of aromatic nitrogens is 2. The van der Waals surface area contributed by atoms with Crippen LogP contribution in [0.3, 0.4) is 0 Å². The normalized spacial score (nSPS) is 12.1. The molecule has 2 aromatic rings. The predicted octanol–water partition coefficient (Wildman–Crippen LogP) is 4.41. The minimum absolute atomic E-state index is 0.00690. The van der Waals surface area contributed by atoms with Crippen LogP contribution in [0.2, 0.25) is 5.15 Å². The highest BCUT2D eigenvalue weighted by Crippen LogP contribution is 2.33. The highest BCUT2D eigenvalue weighted by atomic mass is 79.9. The van der Waals surface area contributed by atoms with Crippen LogP contribution in [-0.4, -0.2) is 18.2 Å². The Balaban J connectivity index is 2.71. The van der Waals surface area contributed by atoms with Crippen molar-refractivity contribution in [2.24, 2.45) is 5.92 Å². The van der Waals surface area contributed by atoms with Crippen molar-refractivity contribution in [1.82, 2.24) is 9.78 Å². The molecule has 8 heteroatoms. The maximum absolute atomic E-state index is 11.8. The van der Waals surface area contributed by atoms with Gasteiger partial charge in [-0.1, -0.05) is 37.6 Å². The van der Waals surface area contributed by atoms with E-state index in [-0.39, 0.29) is 16.0 Å². The summed E-state index contributed by atoms with van der Waals surface area (Å²) in [6.07, 6.45) is 0.471. The monoisotopic (exact) mass is 410 g/mol. The van der Waals surface area contributed by atoms with Gasteiger partial charge < -0.3 is 0 Å². The third kappa shape index (κ3) is 3.62. The molecule has 0 N–H and O–H groups in total. The second-order valence-corrected chi connectivity index (χ2v) is 8.68. The summed E-state index contributed by atoms with van der Waals surface area (Å²) < 4.78 is 25.7. The van der Waals surface area contributed by atoms with E-state index in [1.807, 2.05) is 32.0 Å². The van der Waals surface area contributed by atoms with Gasteiger partial charge in [0.25, 0.3) is 9.05 Å².